The number of allylic oxidation sites excluding steroid dienone is 2. The molecule has 0 bridgehead atoms. The van der Waals surface area contributed by atoms with Crippen LogP contribution in [0.3, 0.4) is 0 Å². The molecule has 0 aromatic carbocycles. The second-order valence-corrected chi connectivity index (χ2v) is 9.48. The molecule has 12 nitrogen and oxygen atoms in total. The van der Waals surface area contributed by atoms with Gasteiger partial charge in [0.1, 0.15) is 11.4 Å². The third kappa shape index (κ3) is 7.17. The summed E-state index contributed by atoms with van der Waals surface area (Å²) in [4.78, 5) is 43.7. The molecular formula is C24H36N8O4. The van der Waals surface area contributed by atoms with E-state index >= 15 is 0 Å². The van der Waals surface area contributed by atoms with Gasteiger partial charge in [-0.2, -0.15) is 0 Å². The number of morpholine rings is 1. The van der Waals surface area contributed by atoms with Crippen LogP contribution in [0.4, 0.5) is 16.4 Å². The average Bonchev–Trinajstić information content (AvgIpc) is 2.84. The molecule has 0 unspecified atom stereocenters. The molecule has 2 aliphatic heterocycles. The molecule has 2 saturated heterocycles. The molecule has 1 aromatic heterocycles. The van der Waals surface area contributed by atoms with Gasteiger partial charge in [-0.3, -0.25) is 9.79 Å². The van der Waals surface area contributed by atoms with Gasteiger partial charge in [0.15, 0.2) is 11.5 Å². The van der Waals surface area contributed by atoms with Crippen LogP contribution in [0.2, 0.25) is 0 Å². The molecule has 2 fully saturated rings. The average molecular weight is 501 g/mol. The molecule has 0 aliphatic carbocycles. The number of piperazine rings is 1. The lowest BCUT2D eigenvalue weighted by molar-refractivity contribution is 0.0240. The first kappa shape index (κ1) is 26.9. The van der Waals surface area contributed by atoms with Crippen molar-refractivity contribution < 1.29 is 19.1 Å². The van der Waals surface area contributed by atoms with Crippen LogP contribution in [0.15, 0.2) is 34.9 Å². The second kappa shape index (κ2) is 11.8. The van der Waals surface area contributed by atoms with Gasteiger partial charge in [0.05, 0.1) is 25.1 Å². The summed E-state index contributed by atoms with van der Waals surface area (Å²) in [6, 6.07) is 0. The summed E-state index contributed by atoms with van der Waals surface area (Å²) in [7, 11) is 0. The first-order valence-electron chi connectivity index (χ1n) is 11.9. The van der Waals surface area contributed by atoms with Crippen molar-refractivity contribution in [1.29, 1.82) is 0 Å². The maximum atomic E-state index is 13.1. The number of aliphatic imine (C=N–C) groups is 1. The monoisotopic (exact) mass is 500 g/mol. The molecule has 3 heterocycles. The Morgan fingerprint density at radius 1 is 1.17 bits per heavy atom. The quantitative estimate of drug-likeness (QED) is 0.441. The summed E-state index contributed by atoms with van der Waals surface area (Å²) < 4.78 is 10.9. The molecule has 1 aromatic rings. The molecule has 0 atom stereocenters. The highest BCUT2D eigenvalue weighted by Crippen LogP contribution is 2.19. The maximum Gasteiger partial charge on any atom is 0.410 e. The number of carbonyl (C=O) groups is 2. The summed E-state index contributed by atoms with van der Waals surface area (Å²) in [5.74, 6) is 0.0918. The van der Waals surface area contributed by atoms with Gasteiger partial charge in [-0.1, -0.05) is 0 Å². The number of nitrogens with two attached hydrogens (primary N) is 1. The van der Waals surface area contributed by atoms with E-state index in [2.05, 4.69) is 31.9 Å². The Balaban J connectivity index is 1.71. The predicted molar refractivity (Wildman–Crippen MR) is 138 cm³/mol. The lowest BCUT2D eigenvalue weighted by Gasteiger charge is -2.36. The lowest BCUT2D eigenvalue weighted by Crippen LogP contribution is -2.50. The van der Waals surface area contributed by atoms with Crippen LogP contribution in [-0.2, 0) is 9.47 Å². The van der Waals surface area contributed by atoms with E-state index in [0.717, 1.165) is 5.70 Å². The van der Waals surface area contributed by atoms with Crippen LogP contribution >= 0.6 is 0 Å². The van der Waals surface area contributed by atoms with Crippen LogP contribution in [0.5, 0.6) is 0 Å². The van der Waals surface area contributed by atoms with Crippen LogP contribution < -0.4 is 16.0 Å². The molecule has 2 aliphatic rings. The molecule has 0 spiro atoms. The first-order valence-corrected chi connectivity index (χ1v) is 11.9. The van der Waals surface area contributed by atoms with Gasteiger partial charge in [-0.05, 0) is 40.5 Å². The zero-order chi connectivity index (χ0) is 26.3. The molecule has 3 rings (SSSR count). The zero-order valence-electron chi connectivity index (χ0n) is 21.5. The van der Waals surface area contributed by atoms with Crippen LogP contribution in [0.1, 0.15) is 38.2 Å². The fourth-order valence-electron chi connectivity index (χ4n) is 3.84. The number of carbonyl (C=O) groups excluding carboxylic acids is 2. The number of hydrogen-bond donors (Lipinski definition) is 2. The van der Waals surface area contributed by atoms with Gasteiger partial charge in [0.25, 0.3) is 5.91 Å². The molecule has 0 saturated carbocycles. The number of nitrogens with zero attached hydrogens (tertiary/aromatic N) is 6. The van der Waals surface area contributed by atoms with Crippen molar-refractivity contribution >= 4 is 30.4 Å². The highest BCUT2D eigenvalue weighted by Gasteiger charge is 2.27. The molecule has 3 N–H and O–H groups in total. The predicted octanol–water partition coefficient (Wildman–Crippen LogP) is 1.62. The number of nitrogen functional groups attached to an aromatic ring is 1. The summed E-state index contributed by atoms with van der Waals surface area (Å²) in [6.45, 7) is 15.4. The highest BCUT2D eigenvalue weighted by atomic mass is 16.6. The van der Waals surface area contributed by atoms with E-state index in [4.69, 9.17) is 15.2 Å². The van der Waals surface area contributed by atoms with Gasteiger partial charge < -0.3 is 35.2 Å². The van der Waals surface area contributed by atoms with Gasteiger partial charge in [0.2, 0.25) is 0 Å². The lowest BCUT2D eigenvalue weighted by atomic mass is 10.2. The Morgan fingerprint density at radius 2 is 1.83 bits per heavy atom. The van der Waals surface area contributed by atoms with Crippen LogP contribution in [-0.4, -0.2) is 96.6 Å². The summed E-state index contributed by atoms with van der Waals surface area (Å²) in [6.07, 6.45) is 4.57. The number of hydrogen-bond acceptors (Lipinski definition) is 10. The fraction of sp³-hybridized carbons (Fsp3) is 0.542. The van der Waals surface area contributed by atoms with Crippen molar-refractivity contribution in [3.8, 4) is 0 Å². The van der Waals surface area contributed by atoms with Crippen molar-refractivity contribution in [2.24, 2.45) is 4.99 Å². The minimum Gasteiger partial charge on any atom is -0.444 e. The number of nitrogens with one attached hydrogen (secondary N) is 1. The Labute approximate surface area is 211 Å². The number of aromatic nitrogens is 2. The molecule has 196 valence electrons. The molecule has 2 amide bonds. The number of amides is 2. The zero-order valence-corrected chi connectivity index (χ0v) is 21.5. The molecule has 12 heteroatoms. The van der Waals surface area contributed by atoms with Crippen molar-refractivity contribution in [1.82, 2.24) is 25.1 Å². The second-order valence-electron chi connectivity index (χ2n) is 9.48. The first-order chi connectivity index (χ1) is 17.1. The SMILES string of the molecule is C=N/C=C\C(=C(/C)NC(=O)c1nc(N2CCN(C(=O)OC(C)(C)C)CC2)cnc1N)N1CCOCC1. The third-order valence-electron chi connectivity index (χ3n) is 5.63. The van der Waals surface area contributed by atoms with E-state index in [1.54, 1.807) is 24.1 Å². The van der Waals surface area contributed by atoms with E-state index < -0.39 is 11.5 Å². The van der Waals surface area contributed by atoms with Crippen LogP contribution in [0, 0.1) is 0 Å². The Kier molecular flexibility index (Phi) is 8.86. The molecule has 0 radical (unpaired) electrons. The largest absolute Gasteiger partial charge is 0.444 e. The van der Waals surface area contributed by atoms with Gasteiger partial charge in [0, 0.05) is 51.2 Å². The fourth-order valence-corrected chi connectivity index (χ4v) is 3.84. The van der Waals surface area contributed by atoms with Crippen molar-refractivity contribution in [2.45, 2.75) is 33.3 Å². The van der Waals surface area contributed by atoms with E-state index in [9.17, 15) is 9.59 Å². The summed E-state index contributed by atoms with van der Waals surface area (Å²) >= 11 is 0. The number of rotatable bonds is 6. The highest BCUT2D eigenvalue weighted by molar-refractivity contribution is 5.97. The van der Waals surface area contributed by atoms with Gasteiger partial charge in [-0.25, -0.2) is 14.8 Å². The number of anilines is 2. The molecule has 36 heavy (non-hydrogen) atoms. The molecular weight excluding hydrogens is 464 g/mol. The Hall–Kier alpha value is -3.67. The smallest absolute Gasteiger partial charge is 0.410 e. The summed E-state index contributed by atoms with van der Waals surface area (Å²) in [5, 5.41) is 2.89. The van der Waals surface area contributed by atoms with Crippen molar-refractivity contribution in [3.63, 3.8) is 0 Å². The third-order valence-corrected chi connectivity index (χ3v) is 5.63. The topological polar surface area (TPSA) is 139 Å². The van der Waals surface area contributed by atoms with E-state index in [1.165, 1.54) is 6.20 Å². The van der Waals surface area contributed by atoms with Gasteiger partial charge in [-0.15, -0.1) is 0 Å². The summed E-state index contributed by atoms with van der Waals surface area (Å²) in [5.41, 5.74) is 6.93. The minimum atomic E-state index is -0.550. The standard InChI is InChI=1S/C24H36N8O4/c1-17(18(6-7-26-5)30-12-14-35-15-13-30)28-22(33)20-21(25)27-16-19(29-20)31-8-10-32(11-9-31)23(34)36-24(2,3)4/h6-7,16H,5,8-15H2,1-4H3,(H2,25,27)(H,28,33)/b7-6-,18-17-. The Bertz CT molecular complexity index is 1020. The normalized spacial score (nSPS) is 17.6. The van der Waals surface area contributed by atoms with Crippen LogP contribution in [0.25, 0.3) is 0 Å². The van der Waals surface area contributed by atoms with E-state index in [-0.39, 0.29) is 17.6 Å². The maximum absolute atomic E-state index is 13.1. The Morgan fingerprint density at radius 3 is 2.44 bits per heavy atom. The number of ether oxygens (including phenoxy) is 2. The van der Waals surface area contributed by atoms with Crippen molar-refractivity contribution in [3.05, 3.63) is 35.6 Å². The van der Waals surface area contributed by atoms with E-state index in [0.29, 0.717) is 64.0 Å². The van der Waals surface area contributed by atoms with Crippen molar-refractivity contribution in [2.75, 3.05) is 63.1 Å². The van der Waals surface area contributed by atoms with Gasteiger partial charge >= 0.3 is 6.09 Å². The minimum absolute atomic E-state index is 0.0349. The van der Waals surface area contributed by atoms with E-state index in [1.807, 2.05) is 25.7 Å².